The third-order valence-corrected chi connectivity index (χ3v) is 5.22. The van der Waals surface area contributed by atoms with E-state index in [1.165, 1.54) is 19.4 Å². The number of aromatic amines is 1. The number of fused-ring (bicyclic) bond motifs is 2. The van der Waals surface area contributed by atoms with Crippen molar-refractivity contribution < 1.29 is 28.2 Å². The highest BCUT2D eigenvalue weighted by atomic mass is 31.2. The van der Waals surface area contributed by atoms with Crippen LogP contribution in [0.25, 0.3) is 0 Å². The molecule has 2 saturated heterocycles. The van der Waals surface area contributed by atoms with E-state index in [0.29, 0.717) is 0 Å². The minimum Gasteiger partial charge on any atom is -0.382 e. The molecule has 0 saturated carbocycles. The van der Waals surface area contributed by atoms with Gasteiger partial charge in [0.15, 0.2) is 6.23 Å². The van der Waals surface area contributed by atoms with Crippen LogP contribution >= 0.6 is 7.75 Å². The maximum absolute atomic E-state index is 12.0. The van der Waals surface area contributed by atoms with E-state index >= 15 is 0 Å². The number of H-pyrrole nitrogens is 1. The number of rotatable bonds is 6. The molecule has 0 spiro atoms. The maximum atomic E-state index is 12.0. The Bertz CT molecular complexity index is 778. The normalized spacial score (nSPS) is 34.4. The number of methoxy groups -OCH3 is 1. The van der Waals surface area contributed by atoms with Crippen molar-refractivity contribution in [2.45, 2.75) is 24.0 Å². The summed E-state index contributed by atoms with van der Waals surface area (Å²) < 4.78 is 34.4. The summed E-state index contributed by atoms with van der Waals surface area (Å²) in [6.45, 7) is 0.182. The average molecular weight is 363 g/mol. The zero-order valence-electron chi connectivity index (χ0n) is 13.0. The molecule has 2 aliphatic heterocycles. The van der Waals surface area contributed by atoms with E-state index in [-0.39, 0.29) is 13.2 Å². The van der Waals surface area contributed by atoms with Crippen molar-refractivity contribution in [2.24, 2.45) is 0 Å². The van der Waals surface area contributed by atoms with Crippen molar-refractivity contribution in [3.63, 3.8) is 0 Å². The van der Waals surface area contributed by atoms with Gasteiger partial charge in [-0.2, -0.15) is 0 Å². The highest BCUT2D eigenvalue weighted by Gasteiger charge is 2.63. The molecule has 2 aliphatic rings. The molecular weight excluding hydrogens is 345 g/mol. The molecule has 0 aliphatic carbocycles. The number of hydrogen-bond donors (Lipinski definition) is 3. The lowest BCUT2D eigenvalue weighted by atomic mass is 9.98. The van der Waals surface area contributed by atoms with Gasteiger partial charge in [-0.05, 0) is 0 Å². The van der Waals surface area contributed by atoms with E-state index < -0.39 is 43.0 Å². The molecule has 2 fully saturated rings. The van der Waals surface area contributed by atoms with Gasteiger partial charge in [0.2, 0.25) is 0 Å². The molecular formula is C12H18N3O8P. The predicted molar refractivity (Wildman–Crippen MR) is 79.5 cm³/mol. The molecule has 2 unspecified atom stereocenters. The summed E-state index contributed by atoms with van der Waals surface area (Å²) in [6.07, 6.45) is -0.366. The lowest BCUT2D eigenvalue weighted by molar-refractivity contribution is -0.188. The van der Waals surface area contributed by atoms with Crippen LogP contribution in [0.3, 0.4) is 0 Å². The van der Waals surface area contributed by atoms with Crippen LogP contribution in [0.2, 0.25) is 0 Å². The molecule has 134 valence electrons. The monoisotopic (exact) mass is 363 g/mol. The maximum Gasteiger partial charge on any atom is 0.403 e. The third-order valence-electron chi connectivity index (χ3n) is 4.12. The van der Waals surface area contributed by atoms with E-state index in [2.05, 4.69) is 14.6 Å². The van der Waals surface area contributed by atoms with E-state index in [9.17, 15) is 19.0 Å². The molecule has 5 atom stereocenters. The number of ether oxygens (including phenoxy) is 3. The fraction of sp³-hybridized carbons (Fsp3) is 0.667. The molecule has 3 rings (SSSR count). The molecule has 3 heterocycles. The van der Waals surface area contributed by atoms with E-state index in [0.717, 1.165) is 11.7 Å². The lowest BCUT2D eigenvalue weighted by Crippen LogP contribution is -2.50. The number of nitrogens with zero attached hydrogens (tertiary/aromatic N) is 1. The molecule has 12 heteroatoms. The van der Waals surface area contributed by atoms with Crippen molar-refractivity contribution in [3.8, 4) is 0 Å². The molecule has 1 aromatic heterocycles. The van der Waals surface area contributed by atoms with Gasteiger partial charge in [-0.15, -0.1) is 0 Å². The topological polar surface area (TPSA) is 141 Å². The van der Waals surface area contributed by atoms with Crippen molar-refractivity contribution in [1.82, 2.24) is 14.6 Å². The smallest absolute Gasteiger partial charge is 0.382 e. The van der Waals surface area contributed by atoms with Crippen molar-refractivity contribution >= 4 is 7.75 Å². The second-order valence-electron chi connectivity index (χ2n) is 5.61. The van der Waals surface area contributed by atoms with E-state index in [1.54, 1.807) is 0 Å². The Hall–Kier alpha value is -1.33. The number of hydrogen-bond acceptors (Lipinski definition) is 7. The zero-order chi connectivity index (χ0) is 17.5. The molecule has 0 aromatic carbocycles. The van der Waals surface area contributed by atoms with Crippen LogP contribution in [0.15, 0.2) is 21.9 Å². The summed E-state index contributed by atoms with van der Waals surface area (Å²) in [5.74, 6) is 0. The molecule has 1 aromatic rings. The Kier molecular flexibility index (Phi) is 4.51. The second-order valence-corrected chi connectivity index (χ2v) is 7.27. The number of nitrogens with one attached hydrogen (secondary N) is 2. The fourth-order valence-corrected chi connectivity index (χ4v) is 3.90. The molecule has 3 N–H and O–H groups in total. The van der Waals surface area contributed by atoms with Crippen LogP contribution in [-0.2, 0) is 23.3 Å². The summed E-state index contributed by atoms with van der Waals surface area (Å²) in [5, 5.41) is 2.49. The predicted octanol–water partition coefficient (Wildman–Crippen LogP) is -1.45. The Morgan fingerprint density at radius 3 is 2.92 bits per heavy atom. The molecule has 24 heavy (non-hydrogen) atoms. The van der Waals surface area contributed by atoms with Crippen molar-refractivity contribution in [3.05, 3.63) is 33.1 Å². The van der Waals surface area contributed by atoms with Crippen LogP contribution in [0, 0.1) is 0 Å². The Balaban J connectivity index is 1.97. The van der Waals surface area contributed by atoms with Crippen LogP contribution in [0.4, 0.5) is 0 Å². The van der Waals surface area contributed by atoms with Gasteiger partial charge in [0, 0.05) is 26.5 Å². The van der Waals surface area contributed by atoms with Crippen LogP contribution in [0.5, 0.6) is 0 Å². The highest BCUT2D eigenvalue weighted by molar-refractivity contribution is 7.50. The summed E-state index contributed by atoms with van der Waals surface area (Å²) in [6, 6.07) is 0.422. The molecule has 0 amide bonds. The van der Waals surface area contributed by atoms with E-state index in [4.69, 9.17) is 14.2 Å². The van der Waals surface area contributed by atoms with E-state index in [1.807, 2.05) is 0 Å². The summed E-state index contributed by atoms with van der Waals surface area (Å²) in [4.78, 5) is 35.1. The first kappa shape index (κ1) is 17.5. The minimum atomic E-state index is -4.07. The SMILES string of the molecule is COC[C@@]12CO[C@@H](C(n3ccc(=O)[nH]c3=O)O1)[C@@H]2NP(=O)(O)OC. The van der Waals surface area contributed by atoms with Gasteiger partial charge in [0.05, 0.1) is 19.3 Å². The van der Waals surface area contributed by atoms with Crippen molar-refractivity contribution in [2.75, 3.05) is 27.4 Å². The minimum absolute atomic E-state index is 0.0689. The van der Waals surface area contributed by atoms with Crippen LogP contribution < -0.4 is 16.3 Å². The first-order valence-electron chi connectivity index (χ1n) is 7.08. The molecule has 11 nitrogen and oxygen atoms in total. The first-order valence-corrected chi connectivity index (χ1v) is 8.66. The summed E-state index contributed by atoms with van der Waals surface area (Å²) >= 11 is 0. The Morgan fingerprint density at radius 1 is 1.54 bits per heavy atom. The van der Waals surface area contributed by atoms with Gasteiger partial charge in [-0.1, -0.05) is 0 Å². The quantitative estimate of drug-likeness (QED) is 0.518. The number of aromatic nitrogens is 2. The largest absolute Gasteiger partial charge is 0.403 e. The second kappa shape index (κ2) is 6.19. The Morgan fingerprint density at radius 2 is 2.29 bits per heavy atom. The zero-order valence-corrected chi connectivity index (χ0v) is 13.9. The van der Waals surface area contributed by atoms with Gasteiger partial charge in [-0.25, -0.2) is 14.4 Å². The van der Waals surface area contributed by atoms with Crippen LogP contribution in [0.1, 0.15) is 6.23 Å². The van der Waals surface area contributed by atoms with Gasteiger partial charge < -0.3 is 23.6 Å². The average Bonchev–Trinajstić information content (AvgIpc) is 2.98. The standard InChI is InChI=1S/C12H18N3O8P/c1-20-5-12-6-22-8(9(12)14-24(18,19)21-2)10(23-12)15-4-3-7(16)13-11(15)17/h3-4,8-10H,5-6H2,1-2H3,(H,13,16,17)(H2,14,18,19)/t8-,9+,10?,12+/m1/s1. The van der Waals surface area contributed by atoms with Gasteiger partial charge in [-0.3, -0.25) is 14.3 Å². The lowest BCUT2D eigenvalue weighted by Gasteiger charge is -2.31. The van der Waals surface area contributed by atoms with Gasteiger partial charge in [0.1, 0.15) is 11.7 Å². The summed E-state index contributed by atoms with van der Waals surface area (Å²) in [5.41, 5.74) is -2.29. The summed E-state index contributed by atoms with van der Waals surface area (Å²) in [7, 11) is -1.52. The highest BCUT2D eigenvalue weighted by Crippen LogP contribution is 2.49. The third kappa shape index (κ3) is 2.88. The molecule has 0 radical (unpaired) electrons. The van der Waals surface area contributed by atoms with Gasteiger partial charge >= 0.3 is 13.4 Å². The van der Waals surface area contributed by atoms with Crippen molar-refractivity contribution in [1.29, 1.82) is 0 Å². The first-order chi connectivity index (χ1) is 11.3. The fourth-order valence-electron chi connectivity index (χ4n) is 3.06. The van der Waals surface area contributed by atoms with Gasteiger partial charge in [0.25, 0.3) is 5.56 Å². The van der Waals surface area contributed by atoms with Crippen LogP contribution in [-0.4, -0.2) is 59.6 Å². The Labute approximate surface area is 136 Å². The molecule has 2 bridgehead atoms.